The molecule has 0 aliphatic heterocycles. The minimum atomic E-state index is 0.645. The summed E-state index contributed by atoms with van der Waals surface area (Å²) in [7, 11) is 0. The Kier molecular flexibility index (Phi) is 4.15. The molecule has 0 radical (unpaired) electrons. The molecular formula is C20H16ClN3S. The fourth-order valence-corrected chi connectivity index (χ4v) is 3.80. The van der Waals surface area contributed by atoms with Gasteiger partial charge in [0.25, 0.3) is 0 Å². The topological polar surface area (TPSA) is 37.8 Å². The van der Waals surface area contributed by atoms with Crippen LogP contribution < -0.4 is 5.32 Å². The van der Waals surface area contributed by atoms with E-state index in [1.165, 1.54) is 11.1 Å². The van der Waals surface area contributed by atoms with Gasteiger partial charge in [0.2, 0.25) is 0 Å². The summed E-state index contributed by atoms with van der Waals surface area (Å²) in [5.74, 6) is 1.44. The maximum absolute atomic E-state index is 6.29. The Labute approximate surface area is 155 Å². The summed E-state index contributed by atoms with van der Waals surface area (Å²) in [6.45, 7) is 4.17. The molecule has 0 aliphatic carbocycles. The SMILES string of the molecule is Cc1ccc(C)c(Nc2nc(-c3sccc3Cl)nc3ccccc23)c1. The van der Waals surface area contributed by atoms with Crippen molar-refractivity contribution in [1.82, 2.24) is 9.97 Å². The molecule has 1 N–H and O–H groups in total. The van der Waals surface area contributed by atoms with E-state index in [1.54, 1.807) is 11.3 Å². The zero-order chi connectivity index (χ0) is 17.4. The maximum Gasteiger partial charge on any atom is 0.173 e. The van der Waals surface area contributed by atoms with E-state index in [1.807, 2.05) is 35.7 Å². The number of anilines is 2. The second-order valence-corrected chi connectivity index (χ2v) is 7.28. The van der Waals surface area contributed by atoms with E-state index in [4.69, 9.17) is 21.6 Å². The van der Waals surface area contributed by atoms with Gasteiger partial charge in [0.1, 0.15) is 5.82 Å². The molecule has 4 rings (SSSR count). The van der Waals surface area contributed by atoms with Crippen LogP contribution in [0.15, 0.2) is 53.9 Å². The first-order valence-electron chi connectivity index (χ1n) is 7.96. The smallest absolute Gasteiger partial charge is 0.173 e. The number of benzene rings is 2. The molecule has 0 bridgehead atoms. The van der Waals surface area contributed by atoms with Gasteiger partial charge < -0.3 is 5.32 Å². The number of para-hydroxylation sites is 1. The normalized spacial score (nSPS) is 11.0. The predicted molar refractivity (Wildman–Crippen MR) is 107 cm³/mol. The Bertz CT molecular complexity index is 1070. The minimum absolute atomic E-state index is 0.645. The third-order valence-corrected chi connectivity index (χ3v) is 5.41. The molecule has 3 nitrogen and oxygen atoms in total. The first-order chi connectivity index (χ1) is 12.1. The Morgan fingerprint density at radius 3 is 2.64 bits per heavy atom. The number of hydrogen-bond acceptors (Lipinski definition) is 4. The van der Waals surface area contributed by atoms with Crippen molar-refractivity contribution in [2.24, 2.45) is 0 Å². The van der Waals surface area contributed by atoms with E-state index in [-0.39, 0.29) is 0 Å². The molecule has 2 aromatic heterocycles. The zero-order valence-electron chi connectivity index (χ0n) is 13.9. The number of hydrogen-bond donors (Lipinski definition) is 1. The lowest BCUT2D eigenvalue weighted by atomic mass is 10.1. The molecule has 0 saturated carbocycles. The third-order valence-electron chi connectivity index (χ3n) is 4.07. The number of nitrogens with zero attached hydrogens (tertiary/aromatic N) is 2. The molecule has 0 aliphatic rings. The zero-order valence-corrected chi connectivity index (χ0v) is 15.4. The summed E-state index contributed by atoms with van der Waals surface area (Å²) < 4.78 is 0. The quantitative estimate of drug-likeness (QED) is 0.458. The van der Waals surface area contributed by atoms with Gasteiger partial charge in [-0.05, 0) is 54.6 Å². The van der Waals surface area contributed by atoms with Gasteiger partial charge in [0.15, 0.2) is 5.82 Å². The van der Waals surface area contributed by atoms with Crippen molar-refractivity contribution in [1.29, 1.82) is 0 Å². The maximum atomic E-state index is 6.29. The van der Waals surface area contributed by atoms with Crippen molar-refractivity contribution in [2.45, 2.75) is 13.8 Å². The molecular weight excluding hydrogens is 350 g/mol. The van der Waals surface area contributed by atoms with Crippen LogP contribution in [-0.4, -0.2) is 9.97 Å². The van der Waals surface area contributed by atoms with Gasteiger partial charge in [0.05, 0.1) is 15.4 Å². The van der Waals surface area contributed by atoms with Gasteiger partial charge in [-0.3, -0.25) is 0 Å². The highest BCUT2D eigenvalue weighted by Crippen LogP contribution is 2.34. The predicted octanol–water partition coefficient (Wildman–Crippen LogP) is 6.37. The van der Waals surface area contributed by atoms with Crippen LogP contribution in [0.3, 0.4) is 0 Å². The highest BCUT2D eigenvalue weighted by Gasteiger charge is 2.13. The lowest BCUT2D eigenvalue weighted by Gasteiger charge is -2.13. The van der Waals surface area contributed by atoms with Crippen LogP contribution in [0, 0.1) is 13.8 Å². The summed E-state index contributed by atoms with van der Waals surface area (Å²) in [4.78, 5) is 10.4. The molecule has 5 heteroatoms. The van der Waals surface area contributed by atoms with Crippen LogP contribution in [0.25, 0.3) is 21.6 Å². The van der Waals surface area contributed by atoms with Gasteiger partial charge in [-0.25, -0.2) is 9.97 Å². The fourth-order valence-electron chi connectivity index (χ4n) is 2.72. The van der Waals surface area contributed by atoms with E-state index >= 15 is 0 Å². The van der Waals surface area contributed by atoms with Crippen LogP contribution in [0.4, 0.5) is 11.5 Å². The molecule has 0 amide bonds. The largest absolute Gasteiger partial charge is 0.339 e. The number of nitrogens with one attached hydrogen (secondary N) is 1. The summed E-state index contributed by atoms with van der Waals surface area (Å²) in [5, 5.41) is 7.11. The first-order valence-corrected chi connectivity index (χ1v) is 9.22. The van der Waals surface area contributed by atoms with Crippen molar-refractivity contribution < 1.29 is 0 Å². The highest BCUT2D eigenvalue weighted by atomic mass is 35.5. The number of aryl methyl sites for hydroxylation is 2. The van der Waals surface area contributed by atoms with Crippen molar-refractivity contribution in [3.63, 3.8) is 0 Å². The summed E-state index contributed by atoms with van der Waals surface area (Å²) >= 11 is 7.84. The fraction of sp³-hybridized carbons (Fsp3) is 0.100. The van der Waals surface area contributed by atoms with Crippen LogP contribution in [-0.2, 0) is 0 Å². The molecule has 2 heterocycles. The Hall–Kier alpha value is -2.43. The first kappa shape index (κ1) is 16.1. The standard InChI is InChI=1S/C20H16ClN3S/c1-12-7-8-13(2)17(11-12)23-19-14-5-3-4-6-16(14)22-20(24-19)18-15(21)9-10-25-18/h3-11H,1-2H3,(H,22,23,24). The molecule has 0 saturated heterocycles. The molecule has 0 atom stereocenters. The van der Waals surface area contributed by atoms with Gasteiger partial charge >= 0.3 is 0 Å². The van der Waals surface area contributed by atoms with Crippen LogP contribution in [0.2, 0.25) is 5.02 Å². The average molecular weight is 366 g/mol. The van der Waals surface area contributed by atoms with Gasteiger partial charge in [-0.2, -0.15) is 0 Å². The Morgan fingerprint density at radius 1 is 1.00 bits per heavy atom. The van der Waals surface area contributed by atoms with Crippen molar-refractivity contribution in [3.05, 3.63) is 70.1 Å². The van der Waals surface area contributed by atoms with Crippen molar-refractivity contribution in [2.75, 3.05) is 5.32 Å². The van der Waals surface area contributed by atoms with Crippen molar-refractivity contribution in [3.8, 4) is 10.7 Å². The molecule has 124 valence electrons. The number of aromatic nitrogens is 2. The number of fused-ring (bicyclic) bond motifs is 1. The lowest BCUT2D eigenvalue weighted by molar-refractivity contribution is 1.23. The Balaban J connectivity index is 1.90. The molecule has 0 spiro atoms. The summed E-state index contributed by atoms with van der Waals surface area (Å²) in [5.41, 5.74) is 4.31. The highest BCUT2D eigenvalue weighted by molar-refractivity contribution is 7.14. The molecule has 25 heavy (non-hydrogen) atoms. The van der Waals surface area contributed by atoms with Crippen molar-refractivity contribution >= 4 is 45.3 Å². The monoisotopic (exact) mass is 365 g/mol. The second-order valence-electron chi connectivity index (χ2n) is 5.95. The molecule has 0 unspecified atom stereocenters. The van der Waals surface area contributed by atoms with Gasteiger partial charge in [-0.1, -0.05) is 35.9 Å². The van der Waals surface area contributed by atoms with E-state index in [9.17, 15) is 0 Å². The van der Waals surface area contributed by atoms with E-state index in [0.29, 0.717) is 10.8 Å². The van der Waals surface area contributed by atoms with E-state index in [0.717, 1.165) is 27.3 Å². The minimum Gasteiger partial charge on any atom is -0.339 e. The molecule has 4 aromatic rings. The van der Waals surface area contributed by atoms with Gasteiger partial charge in [0, 0.05) is 11.1 Å². The van der Waals surface area contributed by atoms with Crippen LogP contribution in [0.5, 0.6) is 0 Å². The molecule has 2 aromatic carbocycles. The van der Waals surface area contributed by atoms with Crippen LogP contribution in [0.1, 0.15) is 11.1 Å². The number of thiophene rings is 1. The summed E-state index contributed by atoms with van der Waals surface area (Å²) in [6, 6.07) is 16.2. The third kappa shape index (κ3) is 3.11. The van der Waals surface area contributed by atoms with E-state index in [2.05, 4.69) is 37.4 Å². The molecule has 0 fully saturated rings. The lowest BCUT2D eigenvalue weighted by Crippen LogP contribution is -2.00. The second kappa shape index (κ2) is 6.47. The Morgan fingerprint density at radius 2 is 1.84 bits per heavy atom. The summed E-state index contributed by atoms with van der Waals surface area (Å²) in [6.07, 6.45) is 0. The van der Waals surface area contributed by atoms with Gasteiger partial charge in [-0.15, -0.1) is 11.3 Å². The van der Waals surface area contributed by atoms with E-state index < -0.39 is 0 Å². The number of rotatable bonds is 3. The number of halogens is 1. The van der Waals surface area contributed by atoms with Crippen LogP contribution >= 0.6 is 22.9 Å². The average Bonchev–Trinajstić information content (AvgIpc) is 3.04.